The molecule has 0 bridgehead atoms. The summed E-state index contributed by atoms with van der Waals surface area (Å²) >= 11 is 0. The van der Waals surface area contributed by atoms with E-state index in [0.29, 0.717) is 17.9 Å². The first-order valence-corrected chi connectivity index (χ1v) is 6.64. The molecule has 21 heavy (non-hydrogen) atoms. The third kappa shape index (κ3) is 2.16. The van der Waals surface area contributed by atoms with E-state index in [1.54, 1.807) is 12.4 Å². The number of nitrogens with one attached hydrogen (secondary N) is 2. The van der Waals surface area contributed by atoms with E-state index in [1.807, 2.05) is 28.8 Å². The van der Waals surface area contributed by atoms with Crippen LogP contribution in [0.1, 0.15) is 6.42 Å². The topological polar surface area (TPSA) is 75.1 Å². The minimum atomic E-state index is -1.01. The van der Waals surface area contributed by atoms with Gasteiger partial charge in [-0.15, -0.1) is 0 Å². The van der Waals surface area contributed by atoms with Gasteiger partial charge in [-0.25, -0.2) is 9.37 Å². The average molecular weight is 285 g/mol. The van der Waals surface area contributed by atoms with Gasteiger partial charge in [0.15, 0.2) is 5.82 Å². The summed E-state index contributed by atoms with van der Waals surface area (Å²) in [6.07, 6.45) is 4.59. The van der Waals surface area contributed by atoms with Crippen molar-refractivity contribution in [3.8, 4) is 11.3 Å². The van der Waals surface area contributed by atoms with E-state index in [-0.39, 0.29) is 5.91 Å². The molecule has 0 saturated heterocycles. The number of hydrogen-bond acceptors (Lipinski definition) is 3. The van der Waals surface area contributed by atoms with Crippen molar-refractivity contribution in [2.24, 2.45) is 5.92 Å². The van der Waals surface area contributed by atoms with E-state index in [2.05, 4.69) is 20.5 Å². The largest absolute Gasteiger partial charge is 0.309 e. The summed E-state index contributed by atoms with van der Waals surface area (Å²) in [6, 6.07) is 5.64. The molecule has 1 aliphatic rings. The molecule has 1 fully saturated rings. The van der Waals surface area contributed by atoms with Gasteiger partial charge in [-0.2, -0.15) is 5.10 Å². The Hall–Kier alpha value is -2.70. The van der Waals surface area contributed by atoms with E-state index in [1.165, 1.54) is 0 Å². The molecule has 106 valence electrons. The Balaban J connectivity index is 1.62. The first-order valence-electron chi connectivity index (χ1n) is 6.64. The molecule has 0 aromatic carbocycles. The number of anilines is 1. The number of pyridine rings is 1. The SMILES string of the molecule is O=C(Nc1cn2cc(-c3ccn[nH]3)ccc2n1)C1CC1F. The zero-order valence-electron chi connectivity index (χ0n) is 11.0. The Morgan fingerprint density at radius 3 is 2.95 bits per heavy atom. The van der Waals surface area contributed by atoms with Crippen LogP contribution < -0.4 is 5.32 Å². The number of rotatable bonds is 3. The fourth-order valence-electron chi connectivity index (χ4n) is 2.28. The van der Waals surface area contributed by atoms with Crippen LogP contribution in [0.25, 0.3) is 16.9 Å². The van der Waals surface area contributed by atoms with Crippen molar-refractivity contribution in [2.45, 2.75) is 12.6 Å². The molecule has 2 atom stereocenters. The third-order valence-electron chi connectivity index (χ3n) is 3.56. The summed E-state index contributed by atoms with van der Waals surface area (Å²) in [5, 5.41) is 9.45. The quantitative estimate of drug-likeness (QED) is 0.773. The number of hydrogen-bond donors (Lipinski definition) is 2. The van der Waals surface area contributed by atoms with E-state index in [4.69, 9.17) is 0 Å². The number of alkyl halides is 1. The van der Waals surface area contributed by atoms with Crippen LogP contribution in [0.15, 0.2) is 36.8 Å². The lowest BCUT2D eigenvalue weighted by atomic mass is 10.2. The zero-order valence-corrected chi connectivity index (χ0v) is 11.0. The van der Waals surface area contributed by atoms with Crippen LogP contribution in [0, 0.1) is 5.92 Å². The van der Waals surface area contributed by atoms with Crippen molar-refractivity contribution in [2.75, 3.05) is 5.32 Å². The minimum absolute atomic E-state index is 0.306. The Morgan fingerprint density at radius 1 is 1.38 bits per heavy atom. The predicted octanol–water partition coefficient (Wildman–Crippen LogP) is 2.02. The fourth-order valence-corrected chi connectivity index (χ4v) is 2.28. The van der Waals surface area contributed by atoms with E-state index in [9.17, 15) is 9.18 Å². The highest BCUT2D eigenvalue weighted by atomic mass is 19.1. The summed E-state index contributed by atoms with van der Waals surface area (Å²) in [5.41, 5.74) is 2.57. The standard InChI is InChI=1S/C14H12FN5O/c15-10-5-9(10)14(21)18-12-7-20-6-8(1-2-13(20)17-12)11-3-4-16-19-11/h1-4,6-7,9-10H,5H2,(H,16,19)(H,18,21). The average Bonchev–Trinajstić information content (AvgIpc) is 2.92. The van der Waals surface area contributed by atoms with Gasteiger partial charge in [0.2, 0.25) is 5.91 Å². The van der Waals surface area contributed by atoms with Crippen molar-refractivity contribution in [1.82, 2.24) is 19.6 Å². The Kier molecular flexibility index (Phi) is 2.53. The van der Waals surface area contributed by atoms with E-state index < -0.39 is 12.1 Å². The molecule has 3 heterocycles. The van der Waals surface area contributed by atoms with Gasteiger partial charge in [0.25, 0.3) is 0 Å². The van der Waals surface area contributed by atoms with Crippen LogP contribution in [0.2, 0.25) is 0 Å². The van der Waals surface area contributed by atoms with Crippen LogP contribution in [-0.2, 0) is 4.79 Å². The number of fused-ring (bicyclic) bond motifs is 1. The molecule has 1 amide bonds. The molecular formula is C14H12FN5O. The monoisotopic (exact) mass is 285 g/mol. The lowest BCUT2D eigenvalue weighted by Crippen LogP contribution is -2.15. The maximum Gasteiger partial charge on any atom is 0.231 e. The molecule has 4 rings (SSSR count). The molecule has 1 aliphatic carbocycles. The van der Waals surface area contributed by atoms with Crippen LogP contribution in [0.3, 0.4) is 0 Å². The Labute approximate surface area is 119 Å². The summed E-state index contributed by atoms with van der Waals surface area (Å²) in [7, 11) is 0. The first kappa shape index (κ1) is 12.1. The molecule has 0 spiro atoms. The van der Waals surface area contributed by atoms with Gasteiger partial charge >= 0.3 is 0 Å². The third-order valence-corrected chi connectivity index (χ3v) is 3.56. The molecule has 7 heteroatoms. The second-order valence-electron chi connectivity index (χ2n) is 5.13. The summed E-state index contributed by atoms with van der Waals surface area (Å²) in [4.78, 5) is 16.0. The highest BCUT2D eigenvalue weighted by Gasteiger charge is 2.43. The number of amides is 1. The Morgan fingerprint density at radius 2 is 2.24 bits per heavy atom. The van der Waals surface area contributed by atoms with Crippen LogP contribution in [-0.4, -0.2) is 31.7 Å². The van der Waals surface area contributed by atoms with Crippen LogP contribution in [0.5, 0.6) is 0 Å². The second kappa shape index (κ2) is 4.41. The lowest BCUT2D eigenvalue weighted by molar-refractivity contribution is -0.117. The predicted molar refractivity (Wildman–Crippen MR) is 74.4 cm³/mol. The van der Waals surface area contributed by atoms with Crippen molar-refractivity contribution in [3.63, 3.8) is 0 Å². The highest BCUT2D eigenvalue weighted by Crippen LogP contribution is 2.34. The molecular weight excluding hydrogens is 273 g/mol. The van der Waals surface area contributed by atoms with Gasteiger partial charge in [0.1, 0.15) is 11.8 Å². The van der Waals surface area contributed by atoms with Crippen molar-refractivity contribution in [3.05, 3.63) is 36.8 Å². The smallest absolute Gasteiger partial charge is 0.231 e. The van der Waals surface area contributed by atoms with Crippen LogP contribution >= 0.6 is 0 Å². The van der Waals surface area contributed by atoms with Crippen molar-refractivity contribution >= 4 is 17.4 Å². The highest BCUT2D eigenvalue weighted by molar-refractivity contribution is 5.94. The maximum atomic E-state index is 12.8. The normalized spacial score (nSPS) is 20.6. The number of carbonyl (C=O) groups is 1. The number of aromatic nitrogens is 4. The fraction of sp³-hybridized carbons (Fsp3) is 0.214. The second-order valence-corrected chi connectivity index (χ2v) is 5.13. The number of imidazole rings is 1. The van der Waals surface area contributed by atoms with E-state index >= 15 is 0 Å². The molecule has 6 nitrogen and oxygen atoms in total. The van der Waals surface area contributed by atoms with Crippen molar-refractivity contribution < 1.29 is 9.18 Å². The molecule has 2 unspecified atom stereocenters. The lowest BCUT2D eigenvalue weighted by Gasteiger charge is -1.98. The van der Waals surface area contributed by atoms with Gasteiger partial charge < -0.3 is 9.72 Å². The van der Waals surface area contributed by atoms with Gasteiger partial charge in [-0.3, -0.25) is 9.89 Å². The molecule has 1 saturated carbocycles. The van der Waals surface area contributed by atoms with Crippen molar-refractivity contribution in [1.29, 1.82) is 0 Å². The first-order chi connectivity index (χ1) is 10.2. The number of nitrogens with zero attached hydrogens (tertiary/aromatic N) is 3. The summed E-state index contributed by atoms with van der Waals surface area (Å²) in [6.45, 7) is 0. The minimum Gasteiger partial charge on any atom is -0.309 e. The number of H-pyrrole nitrogens is 1. The molecule has 0 aliphatic heterocycles. The van der Waals surface area contributed by atoms with Gasteiger partial charge in [-0.1, -0.05) is 0 Å². The number of halogens is 1. The maximum absolute atomic E-state index is 12.8. The molecule has 2 N–H and O–H groups in total. The summed E-state index contributed by atoms with van der Waals surface area (Å²) in [5.74, 6) is -0.393. The van der Waals surface area contributed by atoms with Gasteiger partial charge in [0, 0.05) is 18.0 Å². The molecule has 0 radical (unpaired) electrons. The number of aromatic amines is 1. The number of carbonyl (C=O) groups excluding carboxylic acids is 1. The molecule has 3 aromatic rings. The zero-order chi connectivity index (χ0) is 14.4. The van der Waals surface area contributed by atoms with Gasteiger partial charge in [0.05, 0.1) is 17.8 Å². The van der Waals surface area contributed by atoms with Crippen LogP contribution in [0.4, 0.5) is 10.2 Å². The summed E-state index contributed by atoms with van der Waals surface area (Å²) < 4.78 is 14.7. The molecule has 3 aromatic heterocycles. The Bertz CT molecular complexity index is 810. The van der Waals surface area contributed by atoms with Gasteiger partial charge in [-0.05, 0) is 24.6 Å². The van der Waals surface area contributed by atoms with E-state index in [0.717, 1.165) is 11.3 Å².